The minimum absolute atomic E-state index is 0.0360. The van der Waals surface area contributed by atoms with Crippen LogP contribution in [0.3, 0.4) is 0 Å². The zero-order chi connectivity index (χ0) is 14.4. The van der Waals surface area contributed by atoms with Gasteiger partial charge in [-0.05, 0) is 11.5 Å². The summed E-state index contributed by atoms with van der Waals surface area (Å²) in [7, 11) is 0. The van der Waals surface area contributed by atoms with E-state index in [2.05, 4.69) is 20.5 Å². The average Bonchev–Trinajstić information content (AvgIpc) is 2.85. The lowest BCUT2D eigenvalue weighted by molar-refractivity contribution is -0.121. The van der Waals surface area contributed by atoms with Gasteiger partial charge in [0.25, 0.3) is 0 Å². The second kappa shape index (κ2) is 6.70. The third-order valence-corrected chi connectivity index (χ3v) is 3.09. The maximum Gasteiger partial charge on any atom is 0.239 e. The van der Waals surface area contributed by atoms with Crippen molar-refractivity contribution in [2.24, 2.45) is 0 Å². The lowest BCUT2D eigenvalue weighted by Gasteiger charge is -2.11. The summed E-state index contributed by atoms with van der Waals surface area (Å²) in [6.45, 7) is 2.57. The van der Waals surface area contributed by atoms with Crippen LogP contribution in [-0.2, 0) is 11.2 Å². The van der Waals surface area contributed by atoms with Crippen molar-refractivity contribution in [1.29, 1.82) is 0 Å². The zero-order valence-corrected chi connectivity index (χ0v) is 11.5. The van der Waals surface area contributed by atoms with E-state index in [1.165, 1.54) is 5.56 Å². The number of anilines is 1. The van der Waals surface area contributed by atoms with Gasteiger partial charge in [0.05, 0.1) is 0 Å². The predicted molar refractivity (Wildman–Crippen MR) is 77.0 cm³/mol. The molecule has 1 amide bonds. The predicted octanol–water partition coefficient (Wildman–Crippen LogP) is 1.24. The summed E-state index contributed by atoms with van der Waals surface area (Å²) in [5, 5.41) is 9.31. The van der Waals surface area contributed by atoms with Crippen LogP contribution in [0.4, 0.5) is 5.95 Å². The van der Waals surface area contributed by atoms with Crippen molar-refractivity contribution in [3.63, 3.8) is 0 Å². The third kappa shape index (κ3) is 4.08. The molecule has 0 unspecified atom stereocenters. The van der Waals surface area contributed by atoms with E-state index in [0.29, 0.717) is 25.2 Å². The smallest absolute Gasteiger partial charge is 0.239 e. The molecule has 6 heteroatoms. The molecule has 0 aliphatic heterocycles. The van der Waals surface area contributed by atoms with Crippen LogP contribution in [0.2, 0.25) is 0 Å². The Kier molecular flexibility index (Phi) is 4.70. The molecule has 0 saturated carbocycles. The number of amides is 1. The maximum atomic E-state index is 11.8. The number of nitrogens with two attached hydrogens (primary N) is 1. The second-order valence-electron chi connectivity index (χ2n) is 4.76. The highest BCUT2D eigenvalue weighted by atomic mass is 16.1. The minimum Gasteiger partial charge on any atom is -0.367 e. The first-order valence-electron chi connectivity index (χ1n) is 6.63. The molecule has 2 aromatic rings. The monoisotopic (exact) mass is 273 g/mol. The maximum absolute atomic E-state index is 11.8. The van der Waals surface area contributed by atoms with E-state index in [-0.39, 0.29) is 17.8 Å². The average molecular weight is 273 g/mol. The molecule has 1 atom stereocenters. The second-order valence-corrected chi connectivity index (χ2v) is 4.76. The first kappa shape index (κ1) is 14.0. The van der Waals surface area contributed by atoms with Gasteiger partial charge in [0.1, 0.15) is 5.82 Å². The number of rotatable bonds is 6. The van der Waals surface area contributed by atoms with Crippen molar-refractivity contribution in [2.45, 2.75) is 25.7 Å². The first-order valence-corrected chi connectivity index (χ1v) is 6.63. The molecule has 0 fully saturated rings. The Bertz CT molecular complexity index is 552. The van der Waals surface area contributed by atoms with Crippen LogP contribution in [0.15, 0.2) is 30.3 Å². The van der Waals surface area contributed by atoms with Gasteiger partial charge in [-0.2, -0.15) is 4.98 Å². The van der Waals surface area contributed by atoms with Gasteiger partial charge in [-0.15, -0.1) is 5.10 Å². The van der Waals surface area contributed by atoms with E-state index in [4.69, 9.17) is 5.73 Å². The minimum atomic E-state index is 0.0360. The number of nitrogen functional groups attached to an aromatic ring is 1. The van der Waals surface area contributed by atoms with E-state index in [1.54, 1.807) is 0 Å². The number of hydrogen-bond donors (Lipinski definition) is 3. The summed E-state index contributed by atoms with van der Waals surface area (Å²) in [5.41, 5.74) is 6.57. The SMILES string of the molecule is C[C@H](CC(=O)NCCc1nc(N)n[nH]1)c1ccccc1. The van der Waals surface area contributed by atoms with Gasteiger partial charge in [-0.1, -0.05) is 37.3 Å². The van der Waals surface area contributed by atoms with Crippen molar-refractivity contribution in [3.8, 4) is 0 Å². The normalized spacial score (nSPS) is 12.1. The van der Waals surface area contributed by atoms with Crippen LogP contribution in [0, 0.1) is 0 Å². The molecule has 1 aromatic heterocycles. The third-order valence-electron chi connectivity index (χ3n) is 3.09. The molecule has 1 aromatic carbocycles. The van der Waals surface area contributed by atoms with Crippen LogP contribution >= 0.6 is 0 Å². The summed E-state index contributed by atoms with van der Waals surface area (Å²) in [4.78, 5) is 15.8. The van der Waals surface area contributed by atoms with Crippen LogP contribution < -0.4 is 11.1 Å². The molecule has 0 radical (unpaired) electrons. The molecule has 0 saturated heterocycles. The number of carbonyl (C=O) groups excluding carboxylic acids is 1. The van der Waals surface area contributed by atoms with Crippen molar-refractivity contribution in [2.75, 3.05) is 12.3 Å². The molecular weight excluding hydrogens is 254 g/mol. The highest BCUT2D eigenvalue weighted by Crippen LogP contribution is 2.17. The Hall–Kier alpha value is -2.37. The molecule has 0 spiro atoms. The van der Waals surface area contributed by atoms with Gasteiger partial charge in [0, 0.05) is 19.4 Å². The molecule has 0 bridgehead atoms. The Balaban J connectivity index is 1.73. The van der Waals surface area contributed by atoms with Crippen molar-refractivity contribution in [1.82, 2.24) is 20.5 Å². The number of nitrogens with one attached hydrogen (secondary N) is 2. The standard InChI is InChI=1S/C14H19N5O/c1-10(11-5-3-2-4-6-11)9-13(20)16-8-7-12-17-14(15)19-18-12/h2-6,10H,7-9H2,1H3,(H,16,20)(H3,15,17,18,19)/t10-/m1/s1. The lowest BCUT2D eigenvalue weighted by atomic mass is 9.97. The summed E-state index contributed by atoms with van der Waals surface area (Å²) in [6.07, 6.45) is 1.07. The highest BCUT2D eigenvalue weighted by molar-refractivity contribution is 5.76. The summed E-state index contributed by atoms with van der Waals surface area (Å²) in [5.74, 6) is 1.15. The molecule has 2 rings (SSSR count). The van der Waals surface area contributed by atoms with Gasteiger partial charge in [-0.3, -0.25) is 9.89 Å². The molecule has 20 heavy (non-hydrogen) atoms. The van der Waals surface area contributed by atoms with Gasteiger partial charge in [0.15, 0.2) is 0 Å². The van der Waals surface area contributed by atoms with E-state index < -0.39 is 0 Å². The molecule has 0 aliphatic rings. The summed E-state index contributed by atoms with van der Waals surface area (Å²) < 4.78 is 0. The van der Waals surface area contributed by atoms with Gasteiger partial charge in [0.2, 0.25) is 11.9 Å². The van der Waals surface area contributed by atoms with Gasteiger partial charge >= 0.3 is 0 Å². The highest BCUT2D eigenvalue weighted by Gasteiger charge is 2.10. The topological polar surface area (TPSA) is 96.7 Å². The Morgan fingerprint density at radius 3 is 2.80 bits per heavy atom. The van der Waals surface area contributed by atoms with Gasteiger partial charge in [-0.25, -0.2) is 0 Å². The fourth-order valence-corrected chi connectivity index (χ4v) is 1.99. The molecule has 4 N–H and O–H groups in total. The fraction of sp³-hybridized carbons (Fsp3) is 0.357. The zero-order valence-electron chi connectivity index (χ0n) is 11.5. The summed E-state index contributed by atoms with van der Waals surface area (Å²) >= 11 is 0. The number of benzene rings is 1. The number of H-pyrrole nitrogens is 1. The number of hydrogen-bond acceptors (Lipinski definition) is 4. The number of aromatic nitrogens is 3. The summed E-state index contributed by atoms with van der Waals surface area (Å²) in [6, 6.07) is 10.0. The van der Waals surface area contributed by atoms with Crippen molar-refractivity contribution in [3.05, 3.63) is 41.7 Å². The first-order chi connectivity index (χ1) is 9.65. The molecule has 0 aliphatic carbocycles. The van der Waals surface area contributed by atoms with Crippen LogP contribution in [0.25, 0.3) is 0 Å². The molecule has 1 heterocycles. The largest absolute Gasteiger partial charge is 0.367 e. The lowest BCUT2D eigenvalue weighted by Crippen LogP contribution is -2.27. The molecule has 6 nitrogen and oxygen atoms in total. The van der Waals surface area contributed by atoms with Crippen molar-refractivity contribution < 1.29 is 4.79 Å². The van der Waals surface area contributed by atoms with E-state index in [0.717, 1.165) is 0 Å². The van der Waals surface area contributed by atoms with E-state index in [1.807, 2.05) is 37.3 Å². The molecule has 106 valence electrons. The quantitative estimate of drug-likeness (QED) is 0.737. The number of carbonyl (C=O) groups is 1. The van der Waals surface area contributed by atoms with Gasteiger partial charge < -0.3 is 11.1 Å². The number of nitrogens with zero attached hydrogens (tertiary/aromatic N) is 2. The Labute approximate surface area is 117 Å². The Morgan fingerprint density at radius 2 is 2.15 bits per heavy atom. The van der Waals surface area contributed by atoms with E-state index in [9.17, 15) is 4.79 Å². The van der Waals surface area contributed by atoms with E-state index >= 15 is 0 Å². The molecular formula is C14H19N5O. The van der Waals surface area contributed by atoms with Crippen LogP contribution in [0.1, 0.15) is 30.7 Å². The van der Waals surface area contributed by atoms with Crippen LogP contribution in [-0.4, -0.2) is 27.6 Å². The number of aromatic amines is 1. The van der Waals surface area contributed by atoms with Crippen LogP contribution in [0.5, 0.6) is 0 Å². The fourth-order valence-electron chi connectivity index (χ4n) is 1.99. The van der Waals surface area contributed by atoms with Crippen molar-refractivity contribution >= 4 is 11.9 Å². The Morgan fingerprint density at radius 1 is 1.40 bits per heavy atom.